The van der Waals surface area contributed by atoms with Crippen LogP contribution in [0.25, 0.3) is 0 Å². The van der Waals surface area contributed by atoms with E-state index in [9.17, 15) is 4.79 Å². The fourth-order valence-electron chi connectivity index (χ4n) is 0.571. The van der Waals surface area contributed by atoms with Crippen LogP contribution in [0.2, 0.25) is 0 Å². The van der Waals surface area contributed by atoms with Crippen molar-refractivity contribution >= 4 is 5.91 Å². The van der Waals surface area contributed by atoms with E-state index in [0.29, 0.717) is 13.2 Å². The first-order chi connectivity index (χ1) is 5.81. The van der Waals surface area contributed by atoms with Crippen molar-refractivity contribution in [1.82, 2.24) is 5.43 Å². The summed E-state index contributed by atoms with van der Waals surface area (Å²) >= 11 is 0. The molecule has 0 aromatic heterocycles. The van der Waals surface area contributed by atoms with E-state index in [1.807, 2.05) is 12.3 Å². The average molecular weight is 176 g/mol. The van der Waals surface area contributed by atoms with Crippen LogP contribution in [-0.4, -0.2) is 32.3 Å². The molecule has 0 aliphatic carbocycles. The van der Waals surface area contributed by atoms with E-state index in [1.165, 1.54) is 0 Å². The molecule has 0 fully saturated rings. The lowest BCUT2D eigenvalue weighted by Crippen LogP contribution is -2.33. The van der Waals surface area contributed by atoms with Gasteiger partial charge in [-0.2, -0.15) is 0 Å². The molecule has 72 valence electrons. The Morgan fingerprint density at radius 3 is 2.58 bits per heavy atom. The molecule has 0 rings (SSSR count). The van der Waals surface area contributed by atoms with Crippen molar-refractivity contribution in [2.24, 2.45) is 5.84 Å². The predicted octanol–water partition coefficient (Wildman–Crippen LogP) is -0.580. The van der Waals surface area contributed by atoms with E-state index in [0.717, 1.165) is 13.0 Å². The normalized spacial score (nSPS) is 9.83. The molecule has 0 bridgehead atoms. The Morgan fingerprint density at radius 2 is 2.00 bits per heavy atom. The van der Waals surface area contributed by atoms with Crippen LogP contribution in [0.1, 0.15) is 13.3 Å². The molecule has 0 spiro atoms. The van der Waals surface area contributed by atoms with Crippen LogP contribution < -0.4 is 11.3 Å². The van der Waals surface area contributed by atoms with Gasteiger partial charge in [0.1, 0.15) is 6.61 Å². The van der Waals surface area contributed by atoms with E-state index in [2.05, 4.69) is 0 Å². The highest BCUT2D eigenvalue weighted by atomic mass is 16.5. The smallest absolute Gasteiger partial charge is 0.259 e. The third kappa shape index (κ3) is 7.46. The summed E-state index contributed by atoms with van der Waals surface area (Å²) < 4.78 is 10.0. The lowest BCUT2D eigenvalue weighted by molar-refractivity contribution is -0.126. The topological polar surface area (TPSA) is 73.6 Å². The first kappa shape index (κ1) is 11.4. The van der Waals surface area contributed by atoms with Crippen molar-refractivity contribution in [2.75, 3.05) is 26.4 Å². The van der Waals surface area contributed by atoms with Crippen molar-refractivity contribution in [2.45, 2.75) is 13.3 Å². The Kier molecular flexibility index (Phi) is 7.99. The highest BCUT2D eigenvalue weighted by Gasteiger charge is 1.96. The van der Waals surface area contributed by atoms with Crippen molar-refractivity contribution in [3.8, 4) is 0 Å². The largest absolute Gasteiger partial charge is 0.379 e. The molecular weight excluding hydrogens is 160 g/mol. The molecule has 0 atom stereocenters. The van der Waals surface area contributed by atoms with Crippen LogP contribution in [0.15, 0.2) is 0 Å². The molecule has 0 saturated carbocycles. The van der Waals surface area contributed by atoms with Crippen molar-refractivity contribution in [1.29, 1.82) is 0 Å². The Labute approximate surface area is 72.2 Å². The number of ether oxygens (including phenoxy) is 2. The van der Waals surface area contributed by atoms with Gasteiger partial charge >= 0.3 is 0 Å². The van der Waals surface area contributed by atoms with Crippen molar-refractivity contribution in [3.05, 3.63) is 0 Å². The average Bonchev–Trinajstić information content (AvgIpc) is 2.10. The zero-order valence-corrected chi connectivity index (χ0v) is 7.34. The molecular formula is C7H16N2O3. The van der Waals surface area contributed by atoms with Crippen LogP contribution in [0.3, 0.4) is 0 Å². The molecule has 1 amide bonds. The highest BCUT2D eigenvalue weighted by molar-refractivity contribution is 5.76. The molecule has 0 unspecified atom stereocenters. The summed E-state index contributed by atoms with van der Waals surface area (Å²) in [5, 5.41) is 0. The van der Waals surface area contributed by atoms with Gasteiger partial charge in [0.2, 0.25) is 0 Å². The van der Waals surface area contributed by atoms with Gasteiger partial charge in [-0.05, 0) is 6.42 Å². The highest BCUT2D eigenvalue weighted by Crippen LogP contribution is 1.81. The first-order valence-electron chi connectivity index (χ1n) is 3.96. The molecule has 3 N–H and O–H groups in total. The van der Waals surface area contributed by atoms with Gasteiger partial charge in [-0.15, -0.1) is 0 Å². The summed E-state index contributed by atoms with van der Waals surface area (Å²) in [5.41, 5.74) is 1.96. The molecule has 0 saturated heterocycles. The summed E-state index contributed by atoms with van der Waals surface area (Å²) in [6.07, 6.45) is 0.989. The van der Waals surface area contributed by atoms with Crippen LogP contribution >= 0.6 is 0 Å². The van der Waals surface area contributed by atoms with Gasteiger partial charge in [0.15, 0.2) is 0 Å². The third-order valence-electron chi connectivity index (χ3n) is 1.11. The second-order valence-electron chi connectivity index (χ2n) is 2.23. The molecule has 5 nitrogen and oxygen atoms in total. The number of hydrogen-bond donors (Lipinski definition) is 2. The minimum absolute atomic E-state index is 0.00795. The van der Waals surface area contributed by atoms with E-state index >= 15 is 0 Å². The van der Waals surface area contributed by atoms with Crippen LogP contribution in [0.4, 0.5) is 0 Å². The fraction of sp³-hybridized carbons (Fsp3) is 0.857. The maximum absolute atomic E-state index is 10.5. The second-order valence-corrected chi connectivity index (χ2v) is 2.23. The number of nitrogens with one attached hydrogen (secondary N) is 1. The van der Waals surface area contributed by atoms with E-state index in [1.54, 1.807) is 0 Å². The fourth-order valence-corrected chi connectivity index (χ4v) is 0.571. The molecule has 5 heteroatoms. The van der Waals surface area contributed by atoms with E-state index in [4.69, 9.17) is 15.3 Å². The zero-order valence-electron chi connectivity index (χ0n) is 7.34. The summed E-state index contributed by atoms with van der Waals surface area (Å²) in [5.74, 6) is 4.50. The van der Waals surface area contributed by atoms with Gasteiger partial charge in [-0.1, -0.05) is 6.92 Å². The van der Waals surface area contributed by atoms with Gasteiger partial charge in [-0.25, -0.2) is 5.84 Å². The van der Waals surface area contributed by atoms with Gasteiger partial charge in [0.05, 0.1) is 13.2 Å². The standard InChI is InChI=1S/C7H16N2O3/c1-2-3-11-4-5-12-6-7(10)9-8/h2-6,8H2,1H3,(H,9,10). The Morgan fingerprint density at radius 1 is 1.33 bits per heavy atom. The Balaban J connectivity index is 2.95. The number of hydrogen-bond acceptors (Lipinski definition) is 4. The first-order valence-corrected chi connectivity index (χ1v) is 3.96. The summed E-state index contributed by atoms with van der Waals surface area (Å²) in [4.78, 5) is 10.5. The molecule has 0 aromatic carbocycles. The van der Waals surface area contributed by atoms with Crippen LogP contribution in [0.5, 0.6) is 0 Å². The second kappa shape index (κ2) is 8.45. The van der Waals surface area contributed by atoms with E-state index in [-0.39, 0.29) is 12.5 Å². The maximum atomic E-state index is 10.5. The molecule has 0 aliphatic rings. The van der Waals surface area contributed by atoms with Crippen LogP contribution in [0, 0.1) is 0 Å². The van der Waals surface area contributed by atoms with Gasteiger partial charge in [0.25, 0.3) is 5.91 Å². The Hall–Kier alpha value is -0.650. The number of carbonyl (C=O) groups is 1. The van der Waals surface area contributed by atoms with Gasteiger partial charge in [0, 0.05) is 6.61 Å². The molecule has 0 aromatic rings. The monoisotopic (exact) mass is 176 g/mol. The number of nitrogens with two attached hydrogens (primary N) is 1. The summed E-state index contributed by atoms with van der Waals surface area (Å²) in [6.45, 7) is 3.69. The quantitative estimate of drug-likeness (QED) is 0.235. The summed E-state index contributed by atoms with van der Waals surface area (Å²) in [6, 6.07) is 0. The lowest BCUT2D eigenvalue weighted by Gasteiger charge is -2.03. The lowest BCUT2D eigenvalue weighted by atomic mass is 10.5. The number of hydrazine groups is 1. The Bertz CT molecular complexity index is 119. The van der Waals surface area contributed by atoms with Gasteiger partial charge < -0.3 is 9.47 Å². The maximum Gasteiger partial charge on any atom is 0.259 e. The predicted molar refractivity (Wildman–Crippen MR) is 44.3 cm³/mol. The molecule has 0 radical (unpaired) electrons. The SMILES string of the molecule is CCCOCCOCC(=O)NN. The van der Waals surface area contributed by atoms with E-state index < -0.39 is 0 Å². The molecule has 0 heterocycles. The third-order valence-corrected chi connectivity index (χ3v) is 1.11. The minimum atomic E-state index is -0.328. The zero-order chi connectivity index (χ0) is 9.23. The number of amides is 1. The number of rotatable bonds is 7. The molecule has 12 heavy (non-hydrogen) atoms. The molecule has 0 aliphatic heterocycles. The van der Waals surface area contributed by atoms with Crippen molar-refractivity contribution in [3.63, 3.8) is 0 Å². The summed E-state index contributed by atoms with van der Waals surface area (Å²) in [7, 11) is 0. The van der Waals surface area contributed by atoms with Gasteiger partial charge in [-0.3, -0.25) is 10.2 Å². The number of carbonyl (C=O) groups excluding carboxylic acids is 1. The van der Waals surface area contributed by atoms with Crippen molar-refractivity contribution < 1.29 is 14.3 Å². The minimum Gasteiger partial charge on any atom is -0.379 e. The van der Waals surface area contributed by atoms with Crippen LogP contribution in [-0.2, 0) is 14.3 Å².